The highest BCUT2D eigenvalue weighted by molar-refractivity contribution is 7.90. The largest absolute Gasteiger partial charge is 0.352 e. The topological polar surface area (TPSA) is 104 Å². The smallest absolute Gasteiger partial charge is 0.253 e. The molecule has 1 fully saturated rings. The predicted molar refractivity (Wildman–Crippen MR) is 111 cm³/mol. The highest BCUT2D eigenvalue weighted by Gasteiger charge is 2.25. The van der Waals surface area contributed by atoms with Crippen LogP contribution in [-0.4, -0.2) is 38.6 Å². The van der Waals surface area contributed by atoms with Gasteiger partial charge < -0.3 is 10.6 Å². The minimum Gasteiger partial charge on any atom is -0.352 e. The van der Waals surface area contributed by atoms with Crippen molar-refractivity contribution in [2.24, 2.45) is 11.8 Å². The van der Waals surface area contributed by atoms with Crippen LogP contribution in [0.3, 0.4) is 0 Å². The molecule has 1 saturated carbocycles. The Bertz CT molecular complexity index is 784. The van der Waals surface area contributed by atoms with Crippen LogP contribution in [0.25, 0.3) is 0 Å². The van der Waals surface area contributed by atoms with Gasteiger partial charge in [-0.05, 0) is 49.7 Å². The zero-order valence-corrected chi connectivity index (χ0v) is 17.6. The third-order valence-electron chi connectivity index (χ3n) is 4.80. The van der Waals surface area contributed by atoms with Gasteiger partial charge in [-0.3, -0.25) is 9.59 Å². The molecule has 3 N–H and O–H groups in total. The lowest BCUT2D eigenvalue weighted by molar-refractivity contribution is -0.113. The molecule has 28 heavy (non-hydrogen) atoms. The van der Waals surface area contributed by atoms with Gasteiger partial charge in [0.15, 0.2) is 0 Å². The molecule has 1 aliphatic carbocycles. The summed E-state index contributed by atoms with van der Waals surface area (Å²) in [6, 6.07) is 6.46. The van der Waals surface area contributed by atoms with Gasteiger partial charge in [0.1, 0.15) is 5.75 Å². The quantitative estimate of drug-likeness (QED) is 0.613. The van der Waals surface area contributed by atoms with Gasteiger partial charge in [-0.1, -0.05) is 32.9 Å². The molecule has 0 aromatic heterocycles. The number of benzene rings is 1. The molecule has 1 aliphatic rings. The number of hydrogen-bond acceptors (Lipinski definition) is 4. The fourth-order valence-corrected chi connectivity index (χ4v) is 4.46. The molecular weight excluding hydrogens is 378 g/mol. The second kappa shape index (κ2) is 10.0. The molecule has 0 unspecified atom stereocenters. The zero-order valence-electron chi connectivity index (χ0n) is 16.8. The van der Waals surface area contributed by atoms with Crippen LogP contribution in [0.5, 0.6) is 0 Å². The molecule has 0 aliphatic heterocycles. The van der Waals surface area contributed by atoms with E-state index in [9.17, 15) is 18.0 Å². The molecule has 7 nitrogen and oxygen atoms in total. The summed E-state index contributed by atoms with van der Waals surface area (Å²) in [5, 5.41) is 5.36. The average molecular weight is 410 g/mol. The van der Waals surface area contributed by atoms with Crippen molar-refractivity contribution in [3.63, 3.8) is 0 Å². The van der Waals surface area contributed by atoms with Gasteiger partial charge in [0.05, 0.1) is 11.3 Å². The van der Waals surface area contributed by atoms with Crippen molar-refractivity contribution in [2.45, 2.75) is 52.5 Å². The first-order chi connectivity index (χ1) is 13.2. The SMILES string of the molecule is CC(C)CNC(=O)c1ccccc1NC(=O)CS(=O)(=O)NC1CCC(C)CC1. The molecule has 8 heteroatoms. The van der Waals surface area contributed by atoms with E-state index in [4.69, 9.17) is 0 Å². The summed E-state index contributed by atoms with van der Waals surface area (Å²) in [7, 11) is -3.74. The highest BCUT2D eigenvalue weighted by atomic mass is 32.2. The van der Waals surface area contributed by atoms with Gasteiger partial charge in [0.25, 0.3) is 5.91 Å². The molecule has 2 amide bonds. The molecule has 0 bridgehead atoms. The predicted octanol–water partition coefficient (Wildman–Crippen LogP) is 2.51. The molecule has 2 rings (SSSR count). The van der Waals surface area contributed by atoms with E-state index in [1.165, 1.54) is 0 Å². The summed E-state index contributed by atoms with van der Waals surface area (Å²) in [5.74, 6) is -0.726. The van der Waals surface area contributed by atoms with Crippen LogP contribution < -0.4 is 15.4 Å². The molecule has 0 spiro atoms. The number of amides is 2. The maximum Gasteiger partial charge on any atom is 0.253 e. The minimum absolute atomic E-state index is 0.108. The van der Waals surface area contributed by atoms with Crippen LogP contribution in [0.1, 0.15) is 56.8 Å². The Hall–Kier alpha value is -1.93. The van der Waals surface area contributed by atoms with Crippen molar-refractivity contribution in [1.82, 2.24) is 10.0 Å². The Morgan fingerprint density at radius 3 is 2.39 bits per heavy atom. The van der Waals surface area contributed by atoms with Crippen molar-refractivity contribution in [2.75, 3.05) is 17.6 Å². The number of para-hydroxylation sites is 1. The second-order valence-corrected chi connectivity index (χ2v) is 9.79. The Labute approximate surface area is 167 Å². The van der Waals surface area contributed by atoms with Crippen molar-refractivity contribution in [3.05, 3.63) is 29.8 Å². The van der Waals surface area contributed by atoms with E-state index in [-0.39, 0.29) is 11.9 Å². The van der Waals surface area contributed by atoms with Gasteiger partial charge in [0.2, 0.25) is 15.9 Å². The van der Waals surface area contributed by atoms with E-state index in [1.807, 2.05) is 13.8 Å². The molecule has 1 aromatic rings. The summed E-state index contributed by atoms with van der Waals surface area (Å²) in [5.41, 5.74) is 0.610. The molecule has 0 radical (unpaired) electrons. The molecular formula is C20H31N3O4S. The third kappa shape index (κ3) is 7.24. The monoisotopic (exact) mass is 409 g/mol. The van der Waals surface area contributed by atoms with Crippen molar-refractivity contribution in [3.8, 4) is 0 Å². The van der Waals surface area contributed by atoms with Crippen molar-refractivity contribution in [1.29, 1.82) is 0 Å². The van der Waals surface area contributed by atoms with Crippen LogP contribution in [0.4, 0.5) is 5.69 Å². The molecule has 0 atom stereocenters. The van der Waals surface area contributed by atoms with E-state index in [0.29, 0.717) is 29.6 Å². The number of sulfonamides is 1. The molecule has 0 heterocycles. The first kappa shape index (κ1) is 22.4. The van der Waals surface area contributed by atoms with Crippen molar-refractivity contribution >= 4 is 27.5 Å². The van der Waals surface area contributed by atoms with E-state index < -0.39 is 21.7 Å². The van der Waals surface area contributed by atoms with Gasteiger partial charge in [-0.15, -0.1) is 0 Å². The Morgan fingerprint density at radius 1 is 1.11 bits per heavy atom. The van der Waals surface area contributed by atoms with E-state index in [1.54, 1.807) is 24.3 Å². The van der Waals surface area contributed by atoms with E-state index in [2.05, 4.69) is 22.3 Å². The van der Waals surface area contributed by atoms with Crippen LogP contribution in [-0.2, 0) is 14.8 Å². The summed E-state index contributed by atoms with van der Waals surface area (Å²) in [6.07, 6.45) is 3.55. The highest BCUT2D eigenvalue weighted by Crippen LogP contribution is 2.24. The molecule has 0 saturated heterocycles. The lowest BCUT2D eigenvalue weighted by Gasteiger charge is -2.26. The van der Waals surface area contributed by atoms with Crippen LogP contribution in [0.2, 0.25) is 0 Å². The number of carbonyl (C=O) groups is 2. The van der Waals surface area contributed by atoms with Crippen LogP contribution in [0, 0.1) is 11.8 Å². The van der Waals surface area contributed by atoms with Crippen LogP contribution in [0.15, 0.2) is 24.3 Å². The second-order valence-electron chi connectivity index (χ2n) is 8.03. The maximum absolute atomic E-state index is 12.3. The standard InChI is InChI=1S/C20H31N3O4S/c1-14(2)12-21-20(25)17-6-4-5-7-18(17)22-19(24)13-28(26,27)23-16-10-8-15(3)9-11-16/h4-7,14-16,23H,8-13H2,1-3H3,(H,21,25)(H,22,24). The minimum atomic E-state index is -3.74. The van der Waals surface area contributed by atoms with Crippen molar-refractivity contribution < 1.29 is 18.0 Å². The van der Waals surface area contributed by atoms with Gasteiger partial charge in [-0.2, -0.15) is 0 Å². The van der Waals surface area contributed by atoms with E-state index >= 15 is 0 Å². The average Bonchev–Trinajstić information content (AvgIpc) is 2.61. The first-order valence-corrected chi connectivity index (χ1v) is 11.5. The molecule has 156 valence electrons. The fourth-order valence-electron chi connectivity index (χ4n) is 3.21. The number of anilines is 1. The summed E-state index contributed by atoms with van der Waals surface area (Å²) >= 11 is 0. The Balaban J connectivity index is 1.96. The number of nitrogens with one attached hydrogen (secondary N) is 3. The normalized spacial score (nSPS) is 20.0. The maximum atomic E-state index is 12.3. The fraction of sp³-hybridized carbons (Fsp3) is 0.600. The number of rotatable bonds is 8. The Morgan fingerprint density at radius 2 is 1.75 bits per heavy atom. The van der Waals surface area contributed by atoms with Gasteiger partial charge in [-0.25, -0.2) is 13.1 Å². The third-order valence-corrected chi connectivity index (χ3v) is 6.13. The zero-order chi connectivity index (χ0) is 20.7. The molecule has 1 aromatic carbocycles. The number of carbonyl (C=O) groups excluding carboxylic acids is 2. The summed E-state index contributed by atoms with van der Waals surface area (Å²) < 4.78 is 27.3. The van der Waals surface area contributed by atoms with Gasteiger partial charge in [0, 0.05) is 12.6 Å². The number of hydrogen-bond donors (Lipinski definition) is 3. The summed E-state index contributed by atoms with van der Waals surface area (Å²) in [4.78, 5) is 24.6. The first-order valence-electron chi connectivity index (χ1n) is 9.83. The van der Waals surface area contributed by atoms with E-state index in [0.717, 1.165) is 25.7 Å². The summed E-state index contributed by atoms with van der Waals surface area (Å²) in [6.45, 7) is 6.64. The van der Waals surface area contributed by atoms with Gasteiger partial charge >= 0.3 is 0 Å². The lowest BCUT2D eigenvalue weighted by Crippen LogP contribution is -2.41. The van der Waals surface area contributed by atoms with Crippen LogP contribution >= 0.6 is 0 Å². The Kier molecular flexibility index (Phi) is 8.00. The lowest BCUT2D eigenvalue weighted by atomic mass is 9.88.